The van der Waals surface area contributed by atoms with Gasteiger partial charge in [0, 0.05) is 12.3 Å². The molecule has 0 aliphatic carbocycles. The molecular formula is C13H16CaN2O3S2. The molecule has 1 atom stereocenters. The summed E-state index contributed by atoms with van der Waals surface area (Å²) in [6.07, 6.45) is 0. The second kappa shape index (κ2) is 8.95. The van der Waals surface area contributed by atoms with Gasteiger partial charge in [0.15, 0.2) is 4.34 Å². The van der Waals surface area contributed by atoms with Crippen LogP contribution >= 0.6 is 23.1 Å². The maximum atomic E-state index is 11.7. The summed E-state index contributed by atoms with van der Waals surface area (Å²) in [5.41, 5.74) is 0.893. The van der Waals surface area contributed by atoms with Gasteiger partial charge in [-0.15, -0.1) is 11.3 Å². The van der Waals surface area contributed by atoms with Gasteiger partial charge >= 0.3 is 43.7 Å². The number of aromatic nitrogens is 1. The van der Waals surface area contributed by atoms with E-state index in [0.29, 0.717) is 6.54 Å². The fourth-order valence-electron chi connectivity index (χ4n) is 1.62. The maximum absolute atomic E-state index is 11.7. The number of carbonyl (C=O) groups is 2. The third kappa shape index (κ3) is 5.10. The number of hydrogen-bond donors (Lipinski definition) is 2. The quantitative estimate of drug-likeness (QED) is 0.473. The normalized spacial score (nSPS) is 11.7. The summed E-state index contributed by atoms with van der Waals surface area (Å²) in [7, 11) is 0. The third-order valence-corrected chi connectivity index (χ3v) is 4.89. The van der Waals surface area contributed by atoms with Gasteiger partial charge < -0.3 is 13.3 Å². The van der Waals surface area contributed by atoms with Crippen LogP contribution in [0.1, 0.15) is 9.78 Å². The zero-order valence-corrected chi connectivity index (χ0v) is 15.4. The molecule has 2 N–H and O–H groups in total. The number of carboxylic acids is 1. The maximum Gasteiger partial charge on any atom is 2.00 e. The molecule has 0 aliphatic rings. The number of fused-ring (bicyclic) bond motifs is 1. The van der Waals surface area contributed by atoms with Crippen molar-refractivity contribution in [3.63, 3.8) is 0 Å². The van der Waals surface area contributed by atoms with E-state index < -0.39 is 17.8 Å². The zero-order valence-electron chi connectivity index (χ0n) is 13.5. The molecule has 0 saturated heterocycles. The molecule has 8 heteroatoms. The van der Waals surface area contributed by atoms with Crippen LogP contribution in [0.15, 0.2) is 28.6 Å². The molecule has 2 aromatic rings. The molecule has 1 amide bonds. The number of rotatable bonds is 6. The van der Waals surface area contributed by atoms with Crippen molar-refractivity contribution in [2.45, 2.75) is 11.3 Å². The molecule has 2 rings (SSSR count). The standard InChI is InChI=1S/C13H14N2O3S2.Ca.2H/c1-2-14-11(16)8(12(17)18)7-19-13-15-9-5-3-4-6-10(9)20-13;;;/h3-6,8H,2,7H2,1H3,(H,14,16)(H,17,18);;;/q;+2;2*-1. The Morgan fingerprint density at radius 2 is 2.19 bits per heavy atom. The largest absolute Gasteiger partial charge is 2.00 e. The van der Waals surface area contributed by atoms with E-state index in [-0.39, 0.29) is 46.3 Å². The first-order valence-electron chi connectivity index (χ1n) is 6.10. The summed E-state index contributed by atoms with van der Waals surface area (Å²) in [5, 5.41) is 11.6. The molecule has 1 heterocycles. The SMILES string of the molecule is CCNC(=O)C(CSc1nc2ccccc2s1)C(=O)O.[Ca+2].[H-].[H-]. The average Bonchev–Trinajstić information content (AvgIpc) is 2.81. The van der Waals surface area contributed by atoms with Crippen molar-refractivity contribution in [3.8, 4) is 0 Å². The van der Waals surface area contributed by atoms with Gasteiger partial charge in [-0.1, -0.05) is 23.9 Å². The molecule has 1 aromatic heterocycles. The van der Waals surface area contributed by atoms with Gasteiger partial charge in [0.1, 0.15) is 5.92 Å². The molecule has 0 spiro atoms. The first kappa shape index (κ1) is 18.7. The molecule has 110 valence electrons. The number of hydrogen-bond acceptors (Lipinski definition) is 5. The minimum Gasteiger partial charge on any atom is -1.00 e. The van der Waals surface area contributed by atoms with Crippen molar-refractivity contribution >= 4 is 82.9 Å². The summed E-state index contributed by atoms with van der Waals surface area (Å²) in [6.45, 7) is 2.19. The molecule has 5 nitrogen and oxygen atoms in total. The molecule has 21 heavy (non-hydrogen) atoms. The molecule has 0 aliphatic heterocycles. The fourth-order valence-corrected chi connectivity index (χ4v) is 3.80. The first-order valence-corrected chi connectivity index (χ1v) is 7.91. The molecule has 1 aromatic carbocycles. The summed E-state index contributed by atoms with van der Waals surface area (Å²) < 4.78 is 1.83. The van der Waals surface area contributed by atoms with E-state index in [9.17, 15) is 9.59 Å². The summed E-state index contributed by atoms with van der Waals surface area (Å²) in [5.74, 6) is -2.42. The van der Waals surface area contributed by atoms with Crippen LogP contribution in [0.3, 0.4) is 0 Å². The van der Waals surface area contributed by atoms with Crippen LogP contribution in [0.5, 0.6) is 0 Å². The van der Waals surface area contributed by atoms with Crippen LogP contribution in [0.25, 0.3) is 10.2 Å². The monoisotopic (exact) mass is 352 g/mol. The summed E-state index contributed by atoms with van der Waals surface area (Å²) in [4.78, 5) is 27.2. The van der Waals surface area contributed by atoms with Crippen LogP contribution < -0.4 is 5.32 Å². The van der Waals surface area contributed by atoms with Gasteiger partial charge in [0.2, 0.25) is 5.91 Å². The van der Waals surface area contributed by atoms with E-state index in [4.69, 9.17) is 5.11 Å². The van der Waals surface area contributed by atoms with Crippen LogP contribution in [-0.4, -0.2) is 72.0 Å². The Balaban J connectivity index is 0. The first-order chi connectivity index (χ1) is 9.61. The number of carboxylic acid groups (broad SMARTS) is 1. The molecule has 0 fully saturated rings. The number of nitrogens with one attached hydrogen (secondary N) is 1. The smallest absolute Gasteiger partial charge is 1.00 e. The Morgan fingerprint density at radius 1 is 1.48 bits per heavy atom. The van der Waals surface area contributed by atoms with Gasteiger partial charge in [-0.05, 0) is 19.1 Å². The molecule has 1 unspecified atom stereocenters. The van der Waals surface area contributed by atoms with Crippen molar-refractivity contribution < 1.29 is 17.5 Å². The number of amides is 1. The van der Waals surface area contributed by atoms with Crippen molar-refractivity contribution in [1.82, 2.24) is 10.3 Å². The van der Waals surface area contributed by atoms with Crippen LogP contribution in [0.4, 0.5) is 0 Å². The van der Waals surface area contributed by atoms with E-state index in [1.807, 2.05) is 24.3 Å². The average molecular weight is 352 g/mol. The van der Waals surface area contributed by atoms with Crippen LogP contribution in [0, 0.1) is 5.92 Å². The topological polar surface area (TPSA) is 79.3 Å². The van der Waals surface area contributed by atoms with Gasteiger partial charge in [-0.2, -0.15) is 0 Å². The Hall–Kier alpha value is -0.340. The summed E-state index contributed by atoms with van der Waals surface area (Å²) >= 11 is 2.81. The van der Waals surface area contributed by atoms with E-state index >= 15 is 0 Å². The Kier molecular flexibility index (Phi) is 7.97. The van der Waals surface area contributed by atoms with Gasteiger partial charge in [-0.3, -0.25) is 9.59 Å². The molecule has 0 saturated carbocycles. The van der Waals surface area contributed by atoms with E-state index in [1.165, 1.54) is 23.1 Å². The minimum absolute atomic E-state index is 0. The predicted molar refractivity (Wildman–Crippen MR) is 88.1 cm³/mol. The Bertz CT molecular complexity index is 609. The molecule has 0 bridgehead atoms. The zero-order chi connectivity index (χ0) is 14.5. The van der Waals surface area contributed by atoms with Crippen LogP contribution in [0.2, 0.25) is 0 Å². The van der Waals surface area contributed by atoms with Gasteiger partial charge in [0.05, 0.1) is 10.2 Å². The fraction of sp³-hybridized carbons (Fsp3) is 0.308. The minimum atomic E-state index is -1.11. The number of para-hydroxylation sites is 1. The van der Waals surface area contributed by atoms with E-state index in [2.05, 4.69) is 10.3 Å². The van der Waals surface area contributed by atoms with E-state index in [0.717, 1.165) is 14.6 Å². The second-order valence-electron chi connectivity index (χ2n) is 4.04. The van der Waals surface area contributed by atoms with Gasteiger partial charge in [-0.25, -0.2) is 4.98 Å². The predicted octanol–water partition coefficient (Wildman–Crippen LogP) is 2.07. The Morgan fingerprint density at radius 3 is 2.81 bits per heavy atom. The molecule has 0 radical (unpaired) electrons. The number of carbonyl (C=O) groups excluding carboxylic acids is 1. The number of nitrogens with zero attached hydrogens (tertiary/aromatic N) is 1. The van der Waals surface area contributed by atoms with Crippen molar-refractivity contribution in [1.29, 1.82) is 0 Å². The van der Waals surface area contributed by atoms with Gasteiger partial charge in [0.25, 0.3) is 0 Å². The number of thioether (sulfide) groups is 1. The summed E-state index contributed by atoms with van der Waals surface area (Å²) in [6, 6.07) is 7.72. The number of benzene rings is 1. The third-order valence-electron chi connectivity index (χ3n) is 2.61. The van der Waals surface area contributed by atoms with Crippen molar-refractivity contribution in [3.05, 3.63) is 24.3 Å². The Labute approximate surface area is 163 Å². The number of aliphatic carboxylic acids is 1. The van der Waals surface area contributed by atoms with Crippen molar-refractivity contribution in [2.24, 2.45) is 5.92 Å². The van der Waals surface area contributed by atoms with Crippen molar-refractivity contribution in [2.75, 3.05) is 12.3 Å². The number of thiazole rings is 1. The van der Waals surface area contributed by atoms with Crippen LogP contribution in [-0.2, 0) is 9.59 Å². The second-order valence-corrected chi connectivity index (χ2v) is 6.34. The molecular weight excluding hydrogens is 336 g/mol. The van der Waals surface area contributed by atoms with E-state index in [1.54, 1.807) is 6.92 Å².